The smallest absolute Gasteiger partial charge is 0.191 e. The van der Waals surface area contributed by atoms with E-state index in [2.05, 4.69) is 32.8 Å². The number of hydrogen-bond acceptors (Lipinski definition) is 1. The van der Waals surface area contributed by atoms with Crippen molar-refractivity contribution in [2.45, 2.75) is 207 Å². The van der Waals surface area contributed by atoms with E-state index in [1.165, 1.54) is 193 Å². The van der Waals surface area contributed by atoms with Crippen molar-refractivity contribution in [2.24, 2.45) is 16.5 Å². The topological polar surface area (TPSA) is 64.4 Å². The van der Waals surface area contributed by atoms with Crippen molar-refractivity contribution in [2.75, 3.05) is 20.1 Å². The van der Waals surface area contributed by atoms with Crippen LogP contribution in [-0.2, 0) is 0 Å². The molecular weight excluding hydrogens is 488 g/mol. The van der Waals surface area contributed by atoms with Gasteiger partial charge >= 0.3 is 0 Å². The summed E-state index contributed by atoms with van der Waals surface area (Å²) in [7, 11) is 2.38. The fourth-order valence-corrected chi connectivity index (χ4v) is 6.18. The zero-order valence-corrected chi connectivity index (χ0v) is 28.3. The molecule has 1 atom stereocenters. The molecule has 0 rings (SSSR count). The van der Waals surface area contributed by atoms with Crippen LogP contribution in [0.3, 0.4) is 0 Å². The van der Waals surface area contributed by atoms with Crippen LogP contribution < -0.4 is 11.5 Å². The molecule has 0 amide bonds. The molecule has 0 spiro atoms. The molecule has 1 unspecified atom stereocenters. The quantitative estimate of drug-likeness (QED) is 0.0368. The van der Waals surface area contributed by atoms with E-state index < -0.39 is 0 Å². The molecule has 0 aromatic rings. The van der Waals surface area contributed by atoms with Gasteiger partial charge in [-0.05, 0) is 25.7 Å². The number of nitrogens with zero attached hydrogens (tertiary/aromatic N) is 2. The summed E-state index contributed by atoms with van der Waals surface area (Å²) in [5.41, 5.74) is 11.5. The molecule has 0 bridgehead atoms. The lowest BCUT2D eigenvalue weighted by Crippen LogP contribution is -2.52. The zero-order chi connectivity index (χ0) is 29.6. The molecule has 0 aliphatic carbocycles. The fraction of sp³-hybridized carbons (Fsp3) is 0.972. The number of aliphatic imine (C=N–C) groups is 1. The molecule has 4 heteroatoms. The summed E-state index contributed by atoms with van der Waals surface area (Å²) < 4.78 is 0.981. The minimum absolute atomic E-state index is 0.147. The van der Waals surface area contributed by atoms with E-state index in [1.54, 1.807) is 0 Å². The van der Waals surface area contributed by atoms with Crippen LogP contribution in [-0.4, -0.2) is 36.7 Å². The predicted molar refractivity (Wildman–Crippen MR) is 182 cm³/mol. The van der Waals surface area contributed by atoms with Crippen molar-refractivity contribution in [3.05, 3.63) is 0 Å². The van der Waals surface area contributed by atoms with Crippen molar-refractivity contribution in [1.82, 2.24) is 0 Å². The maximum absolute atomic E-state index is 5.77. The van der Waals surface area contributed by atoms with Gasteiger partial charge in [0, 0.05) is 6.92 Å². The van der Waals surface area contributed by atoms with E-state index in [9.17, 15) is 0 Å². The molecule has 0 saturated heterocycles. The van der Waals surface area contributed by atoms with E-state index in [0.717, 1.165) is 4.48 Å². The Morgan fingerprint density at radius 3 is 0.900 bits per heavy atom. The van der Waals surface area contributed by atoms with Gasteiger partial charge in [0.05, 0.1) is 20.1 Å². The van der Waals surface area contributed by atoms with E-state index in [0.29, 0.717) is 0 Å². The lowest BCUT2D eigenvalue weighted by atomic mass is 10.0. The number of nitrogens with two attached hydrogens (primary N) is 2. The van der Waals surface area contributed by atoms with Crippen molar-refractivity contribution >= 4 is 5.96 Å². The lowest BCUT2D eigenvalue weighted by Gasteiger charge is -2.38. The summed E-state index contributed by atoms with van der Waals surface area (Å²) in [5, 5.41) is 0. The van der Waals surface area contributed by atoms with E-state index in [4.69, 9.17) is 11.5 Å². The fourth-order valence-electron chi connectivity index (χ4n) is 6.18. The van der Waals surface area contributed by atoms with Crippen molar-refractivity contribution < 1.29 is 4.48 Å². The molecular formula is C36H77N4+. The Bertz CT molecular complexity index is 497. The Morgan fingerprint density at radius 2 is 0.675 bits per heavy atom. The molecule has 0 saturated carbocycles. The van der Waals surface area contributed by atoms with E-state index >= 15 is 0 Å². The number of hydrogen-bond donors (Lipinski definition) is 2. The van der Waals surface area contributed by atoms with Gasteiger partial charge in [0.15, 0.2) is 12.1 Å². The van der Waals surface area contributed by atoms with Crippen LogP contribution in [0.4, 0.5) is 0 Å². The molecule has 4 nitrogen and oxygen atoms in total. The zero-order valence-electron chi connectivity index (χ0n) is 28.3. The number of guanidine groups is 1. The molecule has 4 N–H and O–H groups in total. The van der Waals surface area contributed by atoms with Crippen LogP contribution in [0.25, 0.3) is 0 Å². The van der Waals surface area contributed by atoms with Crippen molar-refractivity contribution in [3.63, 3.8) is 0 Å². The highest BCUT2D eigenvalue weighted by Gasteiger charge is 2.28. The summed E-state index contributed by atoms with van der Waals surface area (Å²) in [6, 6.07) is 0. The standard InChI is InChI=1S/C36H77N4/c1-5-7-9-11-13-15-17-19-21-23-25-27-29-31-33-40(4,35(3)39-36(37)38)34-32-30-28-26-24-22-20-18-16-14-12-10-8-6-2/h35H,5-34H2,1-4H3,(H4,37,38,39)/q+1. The third kappa shape index (κ3) is 26.1. The third-order valence-corrected chi connectivity index (χ3v) is 9.28. The Kier molecular flexibility index (Phi) is 29.1. The second kappa shape index (κ2) is 29.7. The van der Waals surface area contributed by atoms with Gasteiger partial charge in [-0.2, -0.15) is 4.99 Å². The first-order valence-electron chi connectivity index (χ1n) is 18.4. The summed E-state index contributed by atoms with van der Waals surface area (Å²) in [5.74, 6) is 0.235. The highest BCUT2D eigenvalue weighted by Crippen LogP contribution is 2.19. The molecule has 0 radical (unpaired) electrons. The Hall–Kier alpha value is -0.770. The van der Waals surface area contributed by atoms with E-state index in [1.807, 2.05) is 0 Å². The van der Waals surface area contributed by atoms with Crippen LogP contribution in [0.1, 0.15) is 201 Å². The largest absolute Gasteiger partial charge is 0.370 e. The van der Waals surface area contributed by atoms with Gasteiger partial charge in [0.25, 0.3) is 0 Å². The highest BCUT2D eigenvalue weighted by molar-refractivity contribution is 5.75. The predicted octanol–water partition coefficient (Wildman–Crippen LogP) is 11.0. The number of rotatable bonds is 32. The van der Waals surface area contributed by atoms with Gasteiger partial charge in [-0.3, -0.25) is 0 Å². The maximum atomic E-state index is 5.77. The minimum atomic E-state index is 0.147. The summed E-state index contributed by atoms with van der Waals surface area (Å²) in [4.78, 5) is 4.56. The van der Waals surface area contributed by atoms with Gasteiger partial charge in [-0.25, -0.2) is 0 Å². The lowest BCUT2D eigenvalue weighted by molar-refractivity contribution is -0.931. The monoisotopic (exact) mass is 566 g/mol. The summed E-state index contributed by atoms with van der Waals surface area (Å²) >= 11 is 0. The van der Waals surface area contributed by atoms with Gasteiger partial charge < -0.3 is 16.0 Å². The van der Waals surface area contributed by atoms with Crippen LogP contribution in [0.5, 0.6) is 0 Å². The number of unbranched alkanes of at least 4 members (excludes halogenated alkanes) is 26. The maximum Gasteiger partial charge on any atom is 0.191 e. The average Bonchev–Trinajstić information content (AvgIpc) is 2.93. The average molecular weight is 566 g/mol. The molecule has 0 aromatic carbocycles. The van der Waals surface area contributed by atoms with E-state index in [-0.39, 0.29) is 12.1 Å². The Labute approximate surface area is 253 Å². The van der Waals surface area contributed by atoms with Crippen LogP contribution in [0.15, 0.2) is 4.99 Å². The Balaban J connectivity index is 3.90. The third-order valence-electron chi connectivity index (χ3n) is 9.28. The van der Waals surface area contributed by atoms with Gasteiger partial charge in [0.2, 0.25) is 0 Å². The first-order valence-corrected chi connectivity index (χ1v) is 18.4. The molecule has 0 aliphatic heterocycles. The highest BCUT2D eigenvalue weighted by atomic mass is 15.4. The summed E-state index contributed by atoms with van der Waals surface area (Å²) in [6.45, 7) is 9.18. The molecule has 240 valence electrons. The van der Waals surface area contributed by atoms with Gasteiger partial charge in [-0.15, -0.1) is 0 Å². The van der Waals surface area contributed by atoms with Crippen LogP contribution in [0, 0.1) is 0 Å². The van der Waals surface area contributed by atoms with Gasteiger partial charge in [0.1, 0.15) is 0 Å². The minimum Gasteiger partial charge on any atom is -0.370 e. The molecule has 0 aromatic heterocycles. The Morgan fingerprint density at radius 1 is 0.450 bits per heavy atom. The SMILES string of the molecule is CCCCCCCCCCCCCCCC[N+](C)(CCCCCCCCCCCCCCCC)C(C)N=C(N)N. The summed E-state index contributed by atoms with van der Waals surface area (Å²) in [6.07, 6.45) is 39.6. The first kappa shape index (κ1) is 39.2. The van der Waals surface area contributed by atoms with Crippen molar-refractivity contribution in [3.8, 4) is 0 Å². The second-order valence-electron chi connectivity index (χ2n) is 13.3. The first-order chi connectivity index (χ1) is 19.5. The molecule has 40 heavy (non-hydrogen) atoms. The van der Waals surface area contributed by atoms with Crippen molar-refractivity contribution in [1.29, 1.82) is 0 Å². The molecule has 0 heterocycles. The number of quaternary nitrogens is 1. The normalized spacial score (nSPS) is 12.6. The van der Waals surface area contributed by atoms with Gasteiger partial charge in [-0.1, -0.05) is 168 Å². The second-order valence-corrected chi connectivity index (χ2v) is 13.3. The van der Waals surface area contributed by atoms with Crippen LogP contribution >= 0.6 is 0 Å². The molecule has 0 fully saturated rings. The molecule has 0 aliphatic rings. The van der Waals surface area contributed by atoms with Crippen LogP contribution in [0.2, 0.25) is 0 Å².